The molecular weight excluding hydrogens is 761 g/mol. The number of nitrogens with zero attached hydrogens (tertiary/aromatic N) is 4. The summed E-state index contributed by atoms with van der Waals surface area (Å²) in [5, 5.41) is 6.28. The van der Waals surface area contributed by atoms with Crippen molar-refractivity contribution in [2.75, 3.05) is 0 Å². The second-order valence-electron chi connectivity index (χ2n) is 18.6. The monoisotopic (exact) mass is 800 g/mol. The van der Waals surface area contributed by atoms with Gasteiger partial charge in [-0.05, 0) is 156 Å². The SMILES string of the molecule is c1ccc2c(c1)-c1ccc(-n3c4ccccc4c4cc(-c5ccc6c(c5)c5ccccc5n6-c5ccc6sc7cncnc7c6c5)ccc43)cc1C21C2CC3CC(C2)CC1C3. The normalized spacial score (nSPS) is 22.5. The third-order valence-corrected chi connectivity index (χ3v) is 16.9. The van der Waals surface area contributed by atoms with Gasteiger partial charge in [0, 0.05) is 54.6 Å². The first kappa shape index (κ1) is 33.2. The molecule has 0 N–H and O–H groups in total. The molecule has 0 atom stereocenters. The third-order valence-electron chi connectivity index (χ3n) is 15.8. The third kappa shape index (κ3) is 4.30. The van der Waals surface area contributed by atoms with Crippen LogP contribution in [0.25, 0.3) is 97.5 Å². The first-order chi connectivity index (χ1) is 30.2. The maximum Gasteiger partial charge on any atom is 0.116 e. The Hall–Kier alpha value is -6.56. The van der Waals surface area contributed by atoms with Gasteiger partial charge in [0.15, 0.2) is 0 Å². The summed E-state index contributed by atoms with van der Waals surface area (Å²) in [7, 11) is 0. The second-order valence-corrected chi connectivity index (χ2v) is 19.7. The Labute approximate surface area is 356 Å². The van der Waals surface area contributed by atoms with Crippen molar-refractivity contribution in [1.82, 2.24) is 19.1 Å². The van der Waals surface area contributed by atoms with Gasteiger partial charge in [0.05, 0.1) is 32.3 Å². The highest BCUT2D eigenvalue weighted by Crippen LogP contribution is 2.69. The number of thiophene rings is 1. The molecule has 0 amide bonds. The van der Waals surface area contributed by atoms with Crippen molar-refractivity contribution < 1.29 is 0 Å². The summed E-state index contributed by atoms with van der Waals surface area (Å²) in [6.45, 7) is 0. The molecule has 5 aliphatic carbocycles. The van der Waals surface area contributed by atoms with Crippen LogP contribution in [0, 0.1) is 23.7 Å². The number of hydrogen-bond acceptors (Lipinski definition) is 3. The van der Waals surface area contributed by atoms with E-state index in [0.717, 1.165) is 39.6 Å². The fourth-order valence-electron chi connectivity index (χ4n) is 13.8. The Kier molecular flexibility index (Phi) is 6.44. The zero-order chi connectivity index (χ0) is 39.6. The van der Waals surface area contributed by atoms with Crippen molar-refractivity contribution in [3.63, 3.8) is 0 Å². The minimum Gasteiger partial charge on any atom is -0.309 e. The van der Waals surface area contributed by atoms with Gasteiger partial charge in [-0.3, -0.25) is 0 Å². The fraction of sp³-hybridized carbons (Fsp3) is 0.179. The molecular formula is C56H40N4S. The van der Waals surface area contributed by atoms with Crippen molar-refractivity contribution in [2.45, 2.75) is 37.5 Å². The van der Waals surface area contributed by atoms with E-state index in [-0.39, 0.29) is 5.41 Å². The molecule has 5 aliphatic rings. The predicted molar refractivity (Wildman–Crippen MR) is 252 cm³/mol. The van der Waals surface area contributed by atoms with Crippen molar-refractivity contribution in [3.05, 3.63) is 169 Å². The van der Waals surface area contributed by atoms with Gasteiger partial charge in [-0.25, -0.2) is 9.97 Å². The van der Waals surface area contributed by atoms with E-state index in [1.54, 1.807) is 28.8 Å². The second kappa shape index (κ2) is 11.8. The number of aromatic nitrogens is 4. The van der Waals surface area contributed by atoms with Crippen LogP contribution in [0.3, 0.4) is 0 Å². The van der Waals surface area contributed by atoms with Crippen LogP contribution in [0.4, 0.5) is 0 Å². The Morgan fingerprint density at radius 1 is 0.475 bits per heavy atom. The molecule has 0 unspecified atom stereocenters. The van der Waals surface area contributed by atoms with Crippen LogP contribution in [0.2, 0.25) is 0 Å². The highest BCUT2D eigenvalue weighted by molar-refractivity contribution is 7.25. The molecule has 1 spiro atoms. The average Bonchev–Trinajstić information content (AvgIpc) is 4.03. The van der Waals surface area contributed by atoms with Gasteiger partial charge < -0.3 is 9.13 Å². The largest absolute Gasteiger partial charge is 0.309 e. The van der Waals surface area contributed by atoms with E-state index in [4.69, 9.17) is 0 Å². The van der Waals surface area contributed by atoms with Crippen LogP contribution in [0.5, 0.6) is 0 Å². The molecule has 0 radical (unpaired) electrons. The minimum absolute atomic E-state index is 0.142. The highest BCUT2D eigenvalue weighted by Gasteiger charge is 2.61. The van der Waals surface area contributed by atoms with E-state index in [1.165, 1.54) is 114 Å². The van der Waals surface area contributed by atoms with Crippen LogP contribution in [-0.2, 0) is 5.41 Å². The van der Waals surface area contributed by atoms with Crippen LogP contribution >= 0.6 is 11.3 Å². The molecule has 4 heterocycles. The van der Waals surface area contributed by atoms with Crippen LogP contribution in [0.1, 0.15) is 43.2 Å². The number of para-hydroxylation sites is 2. The number of hydrogen-bond donors (Lipinski definition) is 0. The van der Waals surface area contributed by atoms with E-state index < -0.39 is 0 Å². The summed E-state index contributed by atoms with van der Waals surface area (Å²) in [5.41, 5.74) is 17.2. The summed E-state index contributed by atoms with van der Waals surface area (Å²) >= 11 is 1.75. The van der Waals surface area contributed by atoms with Gasteiger partial charge in [0.2, 0.25) is 0 Å². The summed E-state index contributed by atoms with van der Waals surface area (Å²) in [6.07, 6.45) is 10.6. The molecule has 61 heavy (non-hydrogen) atoms. The molecule has 4 fully saturated rings. The lowest BCUT2D eigenvalue weighted by atomic mass is 9.43. The highest BCUT2D eigenvalue weighted by atomic mass is 32.1. The summed E-state index contributed by atoms with van der Waals surface area (Å²) in [5.74, 6) is 3.34. The van der Waals surface area contributed by atoms with Crippen molar-refractivity contribution in [3.8, 4) is 33.6 Å². The molecule has 5 heteroatoms. The lowest BCUT2D eigenvalue weighted by molar-refractivity contribution is -0.0399. The molecule has 4 bridgehead atoms. The van der Waals surface area contributed by atoms with E-state index in [0.29, 0.717) is 0 Å². The standard InChI is InChI=1S/C56H40N4S/c1-4-10-47-40(7-1)41-17-15-39(29-48(41)56(47)36-22-32-21-33(24-36)25-37(56)23-32)60-50-12-6-3-9-43(50)45-27-35(14-19-52(45)60)34-13-18-51-44(26-34)42-8-2-5-11-49(42)59(51)38-16-20-53-46(28-38)55-54(61-53)30-57-31-58-55/h1-20,26-33,36-37H,21-25H2. The van der Waals surface area contributed by atoms with Gasteiger partial charge in [-0.1, -0.05) is 78.9 Å². The Balaban J connectivity index is 0.885. The first-order valence-corrected chi connectivity index (χ1v) is 22.9. The van der Waals surface area contributed by atoms with Gasteiger partial charge in [-0.2, -0.15) is 0 Å². The van der Waals surface area contributed by atoms with Crippen LogP contribution in [0.15, 0.2) is 158 Å². The van der Waals surface area contributed by atoms with Crippen molar-refractivity contribution in [1.29, 1.82) is 0 Å². The first-order valence-electron chi connectivity index (χ1n) is 22.1. The van der Waals surface area contributed by atoms with E-state index in [1.807, 2.05) is 6.20 Å². The Morgan fingerprint density at radius 3 is 1.77 bits per heavy atom. The maximum atomic E-state index is 4.66. The van der Waals surface area contributed by atoms with Crippen LogP contribution < -0.4 is 0 Å². The molecule has 0 saturated heterocycles. The Morgan fingerprint density at radius 2 is 1.07 bits per heavy atom. The van der Waals surface area contributed by atoms with E-state index in [9.17, 15) is 0 Å². The van der Waals surface area contributed by atoms with Gasteiger partial charge >= 0.3 is 0 Å². The topological polar surface area (TPSA) is 35.6 Å². The zero-order valence-electron chi connectivity index (χ0n) is 33.6. The van der Waals surface area contributed by atoms with E-state index in [2.05, 4.69) is 165 Å². The number of rotatable bonds is 3. The quantitative estimate of drug-likeness (QED) is 0.178. The summed E-state index contributed by atoms with van der Waals surface area (Å²) < 4.78 is 7.31. The summed E-state index contributed by atoms with van der Waals surface area (Å²) in [4.78, 5) is 8.94. The van der Waals surface area contributed by atoms with Gasteiger partial charge in [0.25, 0.3) is 0 Å². The van der Waals surface area contributed by atoms with Crippen LogP contribution in [-0.4, -0.2) is 19.1 Å². The Bertz CT molecular complexity index is 3670. The fourth-order valence-corrected chi connectivity index (χ4v) is 14.8. The molecule has 16 rings (SSSR count). The lowest BCUT2D eigenvalue weighted by Crippen LogP contribution is -2.55. The molecule has 7 aromatic carbocycles. The smallest absolute Gasteiger partial charge is 0.116 e. The molecule has 4 nitrogen and oxygen atoms in total. The molecule has 4 aromatic heterocycles. The van der Waals surface area contributed by atoms with E-state index >= 15 is 0 Å². The predicted octanol–water partition coefficient (Wildman–Crippen LogP) is 14.4. The molecule has 4 saturated carbocycles. The number of benzene rings is 7. The van der Waals surface area contributed by atoms with Crippen molar-refractivity contribution >= 4 is 75.3 Å². The average molecular weight is 801 g/mol. The van der Waals surface area contributed by atoms with Gasteiger partial charge in [0.1, 0.15) is 6.33 Å². The van der Waals surface area contributed by atoms with Gasteiger partial charge in [-0.15, -0.1) is 11.3 Å². The molecule has 0 aliphatic heterocycles. The number of fused-ring (bicyclic) bond motifs is 12. The molecule has 290 valence electrons. The summed E-state index contributed by atoms with van der Waals surface area (Å²) in [6, 6.07) is 55.8. The minimum atomic E-state index is 0.142. The zero-order valence-corrected chi connectivity index (χ0v) is 34.4. The maximum absolute atomic E-state index is 4.66. The lowest BCUT2D eigenvalue weighted by Gasteiger charge is -2.61. The molecule has 11 aromatic rings. The van der Waals surface area contributed by atoms with Crippen molar-refractivity contribution in [2.24, 2.45) is 23.7 Å².